The van der Waals surface area contributed by atoms with Crippen LogP contribution in [0.15, 0.2) is 29.5 Å². The number of hydrazone groups is 1. The molecular weight excluding hydrogens is 401 g/mol. The van der Waals surface area contributed by atoms with Gasteiger partial charge >= 0.3 is 6.03 Å². The number of halogens is 3. The smallest absolute Gasteiger partial charge is 0.337 e. The average Bonchev–Trinajstić information content (AvgIpc) is 3.23. The number of nitrogens with zero attached hydrogens (tertiary/aromatic N) is 6. The van der Waals surface area contributed by atoms with Crippen LogP contribution in [0.5, 0.6) is 0 Å². The van der Waals surface area contributed by atoms with Gasteiger partial charge in [-0.15, -0.1) is 0 Å². The number of aromatic nitrogens is 2. The molecule has 156 valence electrons. The van der Waals surface area contributed by atoms with Crippen LogP contribution in [0.3, 0.4) is 0 Å². The van der Waals surface area contributed by atoms with E-state index in [-0.39, 0.29) is 17.7 Å². The molecular formula is C19H17F3N6O2. The van der Waals surface area contributed by atoms with Gasteiger partial charge in [0.15, 0.2) is 12.1 Å². The SMILES string of the molecule is O=Cc1nc(N2CCN(C(=O)N3N=CCC3c3cc(F)cc(F)c3)CC2)ncc1F. The molecule has 0 N–H and O–H groups in total. The number of anilines is 1. The number of hydrogen-bond acceptors (Lipinski definition) is 6. The van der Waals surface area contributed by atoms with Gasteiger partial charge in [-0.1, -0.05) is 0 Å². The van der Waals surface area contributed by atoms with Crippen molar-refractivity contribution in [2.75, 3.05) is 31.1 Å². The first-order valence-corrected chi connectivity index (χ1v) is 9.25. The molecule has 11 heteroatoms. The normalized spacial score (nSPS) is 18.8. The second-order valence-electron chi connectivity index (χ2n) is 6.87. The Bertz CT molecular complexity index is 990. The van der Waals surface area contributed by atoms with Gasteiger partial charge < -0.3 is 9.80 Å². The quantitative estimate of drug-likeness (QED) is 0.715. The fourth-order valence-electron chi connectivity index (χ4n) is 3.49. The lowest BCUT2D eigenvalue weighted by molar-refractivity contribution is 0.111. The van der Waals surface area contributed by atoms with Crippen molar-refractivity contribution in [2.45, 2.75) is 12.5 Å². The van der Waals surface area contributed by atoms with Crippen LogP contribution in [-0.4, -0.2) is 64.6 Å². The number of benzene rings is 1. The largest absolute Gasteiger partial charge is 0.341 e. The van der Waals surface area contributed by atoms with Gasteiger partial charge in [-0.3, -0.25) is 4.79 Å². The van der Waals surface area contributed by atoms with Crippen LogP contribution in [0.2, 0.25) is 0 Å². The van der Waals surface area contributed by atoms with Crippen molar-refractivity contribution >= 4 is 24.5 Å². The van der Waals surface area contributed by atoms with Crippen molar-refractivity contribution in [1.29, 1.82) is 0 Å². The Labute approximate surface area is 169 Å². The Hall–Kier alpha value is -3.50. The highest BCUT2D eigenvalue weighted by molar-refractivity contribution is 5.79. The summed E-state index contributed by atoms with van der Waals surface area (Å²) in [6.45, 7) is 1.36. The van der Waals surface area contributed by atoms with E-state index >= 15 is 0 Å². The van der Waals surface area contributed by atoms with Crippen molar-refractivity contribution < 1.29 is 22.8 Å². The Morgan fingerprint density at radius 2 is 1.77 bits per heavy atom. The molecule has 3 heterocycles. The van der Waals surface area contributed by atoms with Gasteiger partial charge in [-0.25, -0.2) is 32.9 Å². The van der Waals surface area contributed by atoms with Gasteiger partial charge in [0.2, 0.25) is 5.95 Å². The number of piperazine rings is 1. The summed E-state index contributed by atoms with van der Waals surface area (Å²) in [6.07, 6.45) is 3.15. The van der Waals surface area contributed by atoms with Crippen molar-refractivity contribution in [3.8, 4) is 0 Å². The summed E-state index contributed by atoms with van der Waals surface area (Å²) in [5.74, 6) is -2.02. The lowest BCUT2D eigenvalue weighted by Gasteiger charge is -2.37. The molecule has 2 aliphatic heterocycles. The van der Waals surface area contributed by atoms with Gasteiger partial charge in [0.1, 0.15) is 17.3 Å². The minimum Gasteiger partial charge on any atom is -0.337 e. The summed E-state index contributed by atoms with van der Waals surface area (Å²) >= 11 is 0. The summed E-state index contributed by atoms with van der Waals surface area (Å²) in [5.41, 5.74) is 0.00756. The zero-order chi connectivity index (χ0) is 21.3. The molecule has 0 radical (unpaired) electrons. The standard InChI is InChI=1S/C19H17F3N6O2/c20-13-7-12(8-14(21)9-13)17-1-2-24-28(17)19(30)27-5-3-26(4-6-27)18-23-10-15(22)16(11-29)25-18/h2,7-11,17H,1,3-6H2. The Kier molecular flexibility index (Phi) is 5.34. The second-order valence-corrected chi connectivity index (χ2v) is 6.87. The van der Waals surface area contributed by atoms with Crippen LogP contribution in [0.1, 0.15) is 28.5 Å². The van der Waals surface area contributed by atoms with E-state index in [1.165, 1.54) is 23.4 Å². The maximum absolute atomic E-state index is 13.6. The first kappa shape index (κ1) is 19.8. The molecule has 0 saturated carbocycles. The average molecular weight is 418 g/mol. The molecule has 30 heavy (non-hydrogen) atoms. The predicted octanol–water partition coefficient (Wildman–Crippen LogP) is 2.38. The molecule has 1 aromatic heterocycles. The first-order chi connectivity index (χ1) is 14.5. The van der Waals surface area contributed by atoms with Crippen LogP contribution < -0.4 is 4.90 Å². The summed E-state index contributed by atoms with van der Waals surface area (Å²) in [6, 6.07) is 2.19. The van der Waals surface area contributed by atoms with Crippen molar-refractivity contribution in [1.82, 2.24) is 19.9 Å². The molecule has 1 saturated heterocycles. The fraction of sp³-hybridized carbons (Fsp3) is 0.316. The third kappa shape index (κ3) is 3.82. The Morgan fingerprint density at radius 1 is 1.07 bits per heavy atom. The van der Waals surface area contributed by atoms with Gasteiger partial charge in [0, 0.05) is 44.9 Å². The van der Waals surface area contributed by atoms with Gasteiger partial charge in [0.25, 0.3) is 0 Å². The van der Waals surface area contributed by atoms with E-state index in [0.29, 0.717) is 44.4 Å². The van der Waals surface area contributed by atoms with E-state index in [0.717, 1.165) is 12.3 Å². The number of rotatable bonds is 3. The van der Waals surface area contributed by atoms with E-state index in [1.807, 2.05) is 0 Å². The van der Waals surface area contributed by atoms with Crippen LogP contribution in [0, 0.1) is 17.5 Å². The molecule has 1 unspecified atom stereocenters. The molecule has 1 fully saturated rings. The van der Waals surface area contributed by atoms with E-state index in [2.05, 4.69) is 15.1 Å². The molecule has 4 rings (SSSR count). The minimum atomic E-state index is -0.797. The Morgan fingerprint density at radius 3 is 2.43 bits per heavy atom. The van der Waals surface area contributed by atoms with E-state index in [4.69, 9.17) is 0 Å². The third-order valence-corrected chi connectivity index (χ3v) is 5.00. The molecule has 8 nitrogen and oxygen atoms in total. The highest BCUT2D eigenvalue weighted by Gasteiger charge is 2.33. The predicted molar refractivity (Wildman–Crippen MR) is 101 cm³/mol. The number of amides is 2. The minimum absolute atomic E-state index is 0.206. The second kappa shape index (κ2) is 8.09. The summed E-state index contributed by atoms with van der Waals surface area (Å²) in [5, 5.41) is 5.32. The van der Waals surface area contributed by atoms with Gasteiger partial charge in [0.05, 0.1) is 12.2 Å². The Balaban J connectivity index is 1.43. The molecule has 2 aliphatic rings. The monoisotopic (exact) mass is 418 g/mol. The lowest BCUT2D eigenvalue weighted by Crippen LogP contribution is -2.52. The highest BCUT2D eigenvalue weighted by Crippen LogP contribution is 2.30. The number of aldehydes is 1. The molecule has 1 aromatic carbocycles. The zero-order valence-electron chi connectivity index (χ0n) is 15.7. The van der Waals surface area contributed by atoms with Crippen LogP contribution >= 0.6 is 0 Å². The van der Waals surface area contributed by atoms with Crippen LogP contribution in [0.4, 0.5) is 23.9 Å². The number of carbonyl (C=O) groups excluding carboxylic acids is 2. The van der Waals surface area contributed by atoms with E-state index in [9.17, 15) is 22.8 Å². The van der Waals surface area contributed by atoms with Crippen LogP contribution in [-0.2, 0) is 0 Å². The maximum atomic E-state index is 13.6. The molecule has 1 atom stereocenters. The van der Waals surface area contributed by atoms with Crippen molar-refractivity contribution in [3.63, 3.8) is 0 Å². The molecule has 2 aromatic rings. The van der Waals surface area contributed by atoms with Crippen molar-refractivity contribution in [3.05, 3.63) is 53.1 Å². The lowest BCUT2D eigenvalue weighted by atomic mass is 10.0. The van der Waals surface area contributed by atoms with Gasteiger partial charge in [-0.05, 0) is 17.7 Å². The summed E-state index contributed by atoms with van der Waals surface area (Å²) in [7, 11) is 0. The summed E-state index contributed by atoms with van der Waals surface area (Å²) in [4.78, 5) is 34.9. The molecule has 0 bridgehead atoms. The number of carbonyl (C=O) groups is 2. The van der Waals surface area contributed by atoms with Gasteiger partial charge in [-0.2, -0.15) is 5.10 Å². The van der Waals surface area contributed by atoms with Crippen LogP contribution in [0.25, 0.3) is 0 Å². The maximum Gasteiger partial charge on any atom is 0.341 e. The van der Waals surface area contributed by atoms with E-state index in [1.54, 1.807) is 9.80 Å². The number of urea groups is 1. The summed E-state index contributed by atoms with van der Waals surface area (Å²) < 4.78 is 40.6. The number of hydrogen-bond donors (Lipinski definition) is 0. The van der Waals surface area contributed by atoms with E-state index < -0.39 is 23.5 Å². The van der Waals surface area contributed by atoms with Crippen molar-refractivity contribution in [2.24, 2.45) is 5.10 Å². The molecule has 0 aliphatic carbocycles. The topological polar surface area (TPSA) is 82.0 Å². The highest BCUT2D eigenvalue weighted by atomic mass is 19.1. The molecule has 2 amide bonds. The molecule has 0 spiro atoms. The fourth-order valence-corrected chi connectivity index (χ4v) is 3.49. The third-order valence-electron chi connectivity index (χ3n) is 5.00. The zero-order valence-corrected chi connectivity index (χ0v) is 15.7. The first-order valence-electron chi connectivity index (χ1n) is 9.25.